The molecule has 0 bridgehead atoms. The van der Waals surface area contributed by atoms with E-state index in [0.717, 1.165) is 17.7 Å². The van der Waals surface area contributed by atoms with Crippen LogP contribution in [0.4, 0.5) is 13.2 Å². The zero-order valence-electron chi connectivity index (χ0n) is 9.75. The van der Waals surface area contributed by atoms with Crippen LogP contribution in [-0.4, -0.2) is 11.2 Å². The summed E-state index contributed by atoms with van der Waals surface area (Å²) in [7, 11) is 0. The summed E-state index contributed by atoms with van der Waals surface area (Å²) in [5.41, 5.74) is -0.00745. The highest BCUT2D eigenvalue weighted by Crippen LogP contribution is 2.52. The van der Waals surface area contributed by atoms with Gasteiger partial charge in [0.1, 0.15) is 0 Å². The molecule has 0 spiro atoms. The average molecular weight is 244 g/mol. The van der Waals surface area contributed by atoms with Gasteiger partial charge in [0.15, 0.2) is 0 Å². The van der Waals surface area contributed by atoms with Gasteiger partial charge in [0.2, 0.25) is 0 Å². The van der Waals surface area contributed by atoms with Gasteiger partial charge in [0, 0.05) is 0 Å². The van der Waals surface area contributed by atoms with E-state index in [1.54, 1.807) is 0 Å². The highest BCUT2D eigenvalue weighted by atomic mass is 19.4. The Bertz CT molecular complexity index is 406. The SMILES string of the molecule is CC1(C)C(O)CC1c1ccc(C(F)(F)F)cc1. The van der Waals surface area contributed by atoms with Crippen LogP contribution in [0.3, 0.4) is 0 Å². The number of rotatable bonds is 1. The van der Waals surface area contributed by atoms with Gasteiger partial charge in [0.25, 0.3) is 0 Å². The molecule has 0 saturated heterocycles. The van der Waals surface area contributed by atoms with Crippen LogP contribution in [0.15, 0.2) is 24.3 Å². The Morgan fingerprint density at radius 1 is 1.18 bits per heavy atom. The van der Waals surface area contributed by atoms with Gasteiger partial charge in [-0.05, 0) is 35.4 Å². The molecule has 0 heterocycles. The van der Waals surface area contributed by atoms with Gasteiger partial charge in [-0.2, -0.15) is 13.2 Å². The van der Waals surface area contributed by atoms with Crippen LogP contribution in [0, 0.1) is 5.41 Å². The first kappa shape index (κ1) is 12.4. The fourth-order valence-corrected chi connectivity index (χ4v) is 2.37. The summed E-state index contributed by atoms with van der Waals surface area (Å²) in [5, 5.41) is 9.61. The zero-order chi connectivity index (χ0) is 12.8. The number of alkyl halides is 3. The van der Waals surface area contributed by atoms with Crippen molar-refractivity contribution in [3.05, 3.63) is 35.4 Å². The molecule has 4 heteroatoms. The molecule has 0 aliphatic heterocycles. The summed E-state index contributed by atoms with van der Waals surface area (Å²) in [6, 6.07) is 5.24. The van der Waals surface area contributed by atoms with Gasteiger partial charge in [0.05, 0.1) is 11.7 Å². The fourth-order valence-electron chi connectivity index (χ4n) is 2.37. The van der Waals surface area contributed by atoms with E-state index >= 15 is 0 Å². The van der Waals surface area contributed by atoms with E-state index in [-0.39, 0.29) is 17.4 Å². The molecule has 1 aromatic rings. The van der Waals surface area contributed by atoms with E-state index in [4.69, 9.17) is 0 Å². The topological polar surface area (TPSA) is 20.2 Å². The number of aliphatic hydroxyl groups excluding tert-OH is 1. The van der Waals surface area contributed by atoms with Crippen molar-refractivity contribution >= 4 is 0 Å². The van der Waals surface area contributed by atoms with E-state index in [2.05, 4.69) is 0 Å². The van der Waals surface area contributed by atoms with Gasteiger partial charge in [-0.1, -0.05) is 26.0 Å². The molecule has 0 aromatic heterocycles. The van der Waals surface area contributed by atoms with Gasteiger partial charge < -0.3 is 5.11 Å². The van der Waals surface area contributed by atoms with Crippen molar-refractivity contribution in [1.82, 2.24) is 0 Å². The maximum Gasteiger partial charge on any atom is 0.416 e. The van der Waals surface area contributed by atoms with Crippen molar-refractivity contribution in [3.63, 3.8) is 0 Å². The van der Waals surface area contributed by atoms with Crippen LogP contribution in [0.25, 0.3) is 0 Å². The molecule has 2 rings (SSSR count). The molecule has 1 nitrogen and oxygen atoms in total. The molecule has 0 amide bonds. The monoisotopic (exact) mass is 244 g/mol. The number of benzene rings is 1. The molecule has 2 unspecified atom stereocenters. The second kappa shape index (κ2) is 3.73. The van der Waals surface area contributed by atoms with Crippen LogP contribution in [0.5, 0.6) is 0 Å². The van der Waals surface area contributed by atoms with E-state index in [1.165, 1.54) is 12.1 Å². The summed E-state index contributed by atoms with van der Waals surface area (Å²) in [6.45, 7) is 3.87. The maximum absolute atomic E-state index is 12.4. The molecule has 1 N–H and O–H groups in total. The Kier molecular flexibility index (Phi) is 2.73. The van der Waals surface area contributed by atoms with Crippen LogP contribution in [-0.2, 0) is 6.18 Å². The van der Waals surface area contributed by atoms with Crippen molar-refractivity contribution < 1.29 is 18.3 Å². The quantitative estimate of drug-likeness (QED) is 0.800. The normalized spacial score (nSPS) is 27.6. The number of hydrogen-bond donors (Lipinski definition) is 1. The Morgan fingerprint density at radius 3 is 2.06 bits per heavy atom. The number of aliphatic hydroxyl groups is 1. The van der Waals surface area contributed by atoms with Crippen LogP contribution in [0.2, 0.25) is 0 Å². The number of hydrogen-bond acceptors (Lipinski definition) is 1. The lowest BCUT2D eigenvalue weighted by Crippen LogP contribution is -2.47. The standard InChI is InChI=1S/C13H15F3O/c1-12(2)10(7-11(12)17)8-3-5-9(6-4-8)13(14,15)16/h3-6,10-11,17H,7H2,1-2H3. The molecule has 1 aromatic carbocycles. The Morgan fingerprint density at radius 2 is 1.71 bits per heavy atom. The summed E-state index contributed by atoms with van der Waals surface area (Å²) in [5.74, 6) is 0.139. The van der Waals surface area contributed by atoms with Crippen LogP contribution < -0.4 is 0 Å². The van der Waals surface area contributed by atoms with Gasteiger partial charge in [-0.15, -0.1) is 0 Å². The first-order valence-corrected chi connectivity index (χ1v) is 5.58. The smallest absolute Gasteiger partial charge is 0.393 e. The average Bonchev–Trinajstić information content (AvgIpc) is 2.25. The predicted molar refractivity (Wildman–Crippen MR) is 58.6 cm³/mol. The lowest BCUT2D eigenvalue weighted by Gasteiger charge is -2.49. The van der Waals surface area contributed by atoms with Gasteiger partial charge >= 0.3 is 6.18 Å². The molecule has 1 aliphatic carbocycles. The third-order valence-corrected chi connectivity index (χ3v) is 3.86. The van der Waals surface area contributed by atoms with E-state index in [1.807, 2.05) is 13.8 Å². The Labute approximate surface area is 98.3 Å². The molecule has 94 valence electrons. The minimum absolute atomic E-state index is 0.139. The minimum atomic E-state index is -4.28. The second-order valence-corrected chi connectivity index (χ2v) is 5.25. The second-order valence-electron chi connectivity index (χ2n) is 5.25. The van der Waals surface area contributed by atoms with Crippen LogP contribution in [0.1, 0.15) is 37.3 Å². The molecule has 1 saturated carbocycles. The third-order valence-electron chi connectivity index (χ3n) is 3.86. The first-order chi connectivity index (χ1) is 7.73. The molecule has 1 fully saturated rings. The van der Waals surface area contributed by atoms with Crippen molar-refractivity contribution in [2.24, 2.45) is 5.41 Å². The molecule has 1 aliphatic rings. The maximum atomic E-state index is 12.4. The predicted octanol–water partition coefficient (Wildman–Crippen LogP) is 3.58. The lowest BCUT2D eigenvalue weighted by atomic mass is 9.58. The van der Waals surface area contributed by atoms with Crippen molar-refractivity contribution in [2.45, 2.75) is 38.5 Å². The van der Waals surface area contributed by atoms with E-state index in [0.29, 0.717) is 6.42 Å². The zero-order valence-corrected chi connectivity index (χ0v) is 9.75. The number of halogens is 3. The molecule has 17 heavy (non-hydrogen) atoms. The molecule has 0 radical (unpaired) electrons. The summed E-state index contributed by atoms with van der Waals surface area (Å²) >= 11 is 0. The molecular formula is C13H15F3O. The summed E-state index contributed by atoms with van der Waals surface area (Å²) < 4.78 is 37.2. The molecule has 2 atom stereocenters. The molecular weight excluding hydrogens is 229 g/mol. The fraction of sp³-hybridized carbons (Fsp3) is 0.538. The van der Waals surface area contributed by atoms with Crippen molar-refractivity contribution in [1.29, 1.82) is 0 Å². The van der Waals surface area contributed by atoms with Crippen LogP contribution >= 0.6 is 0 Å². The first-order valence-electron chi connectivity index (χ1n) is 5.58. The highest BCUT2D eigenvalue weighted by Gasteiger charge is 2.47. The summed E-state index contributed by atoms with van der Waals surface area (Å²) in [6.07, 6.45) is -4.03. The Hall–Kier alpha value is -1.03. The van der Waals surface area contributed by atoms with E-state index < -0.39 is 11.7 Å². The highest BCUT2D eigenvalue weighted by molar-refractivity contribution is 5.31. The third kappa shape index (κ3) is 2.06. The van der Waals surface area contributed by atoms with Gasteiger partial charge in [-0.3, -0.25) is 0 Å². The van der Waals surface area contributed by atoms with Crippen molar-refractivity contribution in [3.8, 4) is 0 Å². The Balaban J connectivity index is 2.20. The summed E-state index contributed by atoms with van der Waals surface area (Å²) in [4.78, 5) is 0. The lowest BCUT2D eigenvalue weighted by molar-refractivity contribution is -0.137. The minimum Gasteiger partial charge on any atom is -0.393 e. The van der Waals surface area contributed by atoms with Gasteiger partial charge in [-0.25, -0.2) is 0 Å². The largest absolute Gasteiger partial charge is 0.416 e. The van der Waals surface area contributed by atoms with Crippen molar-refractivity contribution in [2.75, 3.05) is 0 Å². The van der Waals surface area contributed by atoms with E-state index in [9.17, 15) is 18.3 Å².